The van der Waals surface area contributed by atoms with Crippen LogP contribution in [0.2, 0.25) is 0 Å². The fourth-order valence-corrected chi connectivity index (χ4v) is 2.21. The molecule has 3 N–H and O–H groups in total. The molecule has 3 aromatic rings. The fraction of sp³-hybridized carbons (Fsp3) is 0. The fourth-order valence-electron chi connectivity index (χ4n) is 2.21. The number of benzene rings is 2. The quantitative estimate of drug-likeness (QED) is 0.365. The third kappa shape index (κ3) is 4.59. The summed E-state index contributed by atoms with van der Waals surface area (Å²) in [6.07, 6.45) is 4.33. The third-order valence-corrected chi connectivity index (χ3v) is 3.61. The first kappa shape index (κ1) is 17.9. The zero-order valence-electron chi connectivity index (χ0n) is 14.0. The summed E-state index contributed by atoms with van der Waals surface area (Å²) < 4.78 is 0. The molecular formula is C19H15N5O3. The molecule has 0 aliphatic rings. The maximum Gasteiger partial charge on any atom is 0.291 e. The number of aromatic nitrogens is 2. The van der Waals surface area contributed by atoms with Gasteiger partial charge in [-0.05, 0) is 17.7 Å². The standard InChI is InChI=1S/C19H15N5O3/c25-18(24-27)15-8-6-13(7-9-15)10-22-23-19(26)17-12-20-16(11-21-17)14-4-2-1-3-5-14/h1-12,27H,(H,23,26)(H,24,25)/b22-10+. The van der Waals surface area contributed by atoms with E-state index < -0.39 is 11.8 Å². The summed E-state index contributed by atoms with van der Waals surface area (Å²) in [6.45, 7) is 0. The summed E-state index contributed by atoms with van der Waals surface area (Å²) in [5, 5.41) is 12.4. The maximum absolute atomic E-state index is 12.1. The van der Waals surface area contributed by atoms with Crippen molar-refractivity contribution >= 4 is 18.0 Å². The Balaban J connectivity index is 1.60. The van der Waals surface area contributed by atoms with Gasteiger partial charge in [-0.25, -0.2) is 15.9 Å². The van der Waals surface area contributed by atoms with Crippen LogP contribution in [0.3, 0.4) is 0 Å². The van der Waals surface area contributed by atoms with Gasteiger partial charge >= 0.3 is 0 Å². The molecule has 3 rings (SSSR count). The molecule has 27 heavy (non-hydrogen) atoms. The molecule has 2 aromatic carbocycles. The number of carbonyl (C=O) groups is 2. The van der Waals surface area contributed by atoms with E-state index in [-0.39, 0.29) is 5.69 Å². The van der Waals surface area contributed by atoms with Gasteiger partial charge in [0.2, 0.25) is 0 Å². The minimum Gasteiger partial charge on any atom is -0.288 e. The van der Waals surface area contributed by atoms with E-state index in [0.29, 0.717) is 16.8 Å². The molecule has 0 aliphatic carbocycles. The van der Waals surface area contributed by atoms with Gasteiger partial charge in [0.25, 0.3) is 11.8 Å². The van der Waals surface area contributed by atoms with Gasteiger partial charge in [0.05, 0.1) is 24.3 Å². The number of hydrogen-bond acceptors (Lipinski definition) is 6. The number of carbonyl (C=O) groups excluding carboxylic acids is 2. The Morgan fingerprint density at radius 3 is 2.30 bits per heavy atom. The summed E-state index contributed by atoms with van der Waals surface area (Å²) in [5.74, 6) is -1.10. The van der Waals surface area contributed by atoms with Crippen molar-refractivity contribution in [2.45, 2.75) is 0 Å². The van der Waals surface area contributed by atoms with Crippen molar-refractivity contribution < 1.29 is 14.8 Å². The van der Waals surface area contributed by atoms with Crippen LogP contribution in [0.5, 0.6) is 0 Å². The lowest BCUT2D eigenvalue weighted by Crippen LogP contribution is -2.19. The monoisotopic (exact) mass is 361 g/mol. The highest BCUT2D eigenvalue weighted by Crippen LogP contribution is 2.14. The van der Waals surface area contributed by atoms with Crippen molar-refractivity contribution in [2.24, 2.45) is 5.10 Å². The molecule has 1 heterocycles. The van der Waals surface area contributed by atoms with E-state index in [1.54, 1.807) is 17.6 Å². The molecule has 0 aliphatic heterocycles. The van der Waals surface area contributed by atoms with Crippen molar-refractivity contribution in [1.29, 1.82) is 0 Å². The van der Waals surface area contributed by atoms with E-state index in [4.69, 9.17) is 5.21 Å². The van der Waals surface area contributed by atoms with E-state index in [0.717, 1.165) is 5.56 Å². The molecule has 0 bridgehead atoms. The zero-order chi connectivity index (χ0) is 19.1. The third-order valence-electron chi connectivity index (χ3n) is 3.61. The van der Waals surface area contributed by atoms with Crippen LogP contribution in [0.15, 0.2) is 72.1 Å². The van der Waals surface area contributed by atoms with Gasteiger partial charge in [0, 0.05) is 11.1 Å². The SMILES string of the molecule is O=C(NO)c1ccc(/C=N/NC(=O)c2cnc(-c3ccccc3)cn2)cc1. The molecule has 0 saturated heterocycles. The molecule has 2 amide bonds. The minimum absolute atomic E-state index is 0.141. The van der Waals surface area contributed by atoms with Crippen LogP contribution in [0.25, 0.3) is 11.3 Å². The Morgan fingerprint density at radius 2 is 1.67 bits per heavy atom. The lowest BCUT2D eigenvalue weighted by molar-refractivity contribution is 0.0706. The van der Waals surface area contributed by atoms with E-state index in [1.165, 1.54) is 30.7 Å². The highest BCUT2D eigenvalue weighted by atomic mass is 16.5. The molecule has 8 nitrogen and oxygen atoms in total. The van der Waals surface area contributed by atoms with Crippen molar-refractivity contribution in [3.05, 3.63) is 83.8 Å². The second-order valence-corrected chi connectivity index (χ2v) is 5.41. The molecule has 8 heteroatoms. The van der Waals surface area contributed by atoms with Gasteiger partial charge in [0.1, 0.15) is 5.69 Å². The Kier molecular flexibility index (Phi) is 5.60. The van der Waals surface area contributed by atoms with Crippen LogP contribution in [0, 0.1) is 0 Å². The van der Waals surface area contributed by atoms with Gasteiger partial charge in [-0.3, -0.25) is 19.8 Å². The molecule has 0 atom stereocenters. The predicted molar refractivity (Wildman–Crippen MR) is 98.2 cm³/mol. The second-order valence-electron chi connectivity index (χ2n) is 5.41. The number of hydrogen-bond donors (Lipinski definition) is 3. The van der Waals surface area contributed by atoms with Crippen LogP contribution in [-0.2, 0) is 0 Å². The highest BCUT2D eigenvalue weighted by Gasteiger charge is 2.08. The van der Waals surface area contributed by atoms with Crippen LogP contribution in [-0.4, -0.2) is 33.2 Å². The summed E-state index contributed by atoms with van der Waals surface area (Å²) >= 11 is 0. The van der Waals surface area contributed by atoms with Crippen LogP contribution < -0.4 is 10.9 Å². The van der Waals surface area contributed by atoms with Crippen molar-refractivity contribution in [3.8, 4) is 11.3 Å². The first-order chi connectivity index (χ1) is 13.2. The Labute approximate surface area is 154 Å². The van der Waals surface area contributed by atoms with Gasteiger partial charge in [-0.2, -0.15) is 5.10 Å². The molecule has 134 valence electrons. The van der Waals surface area contributed by atoms with Crippen molar-refractivity contribution in [2.75, 3.05) is 0 Å². The molecule has 0 radical (unpaired) electrons. The van der Waals surface area contributed by atoms with Crippen molar-refractivity contribution in [3.63, 3.8) is 0 Å². The molecule has 1 aromatic heterocycles. The van der Waals surface area contributed by atoms with Gasteiger partial charge < -0.3 is 0 Å². The van der Waals surface area contributed by atoms with E-state index >= 15 is 0 Å². The topological polar surface area (TPSA) is 117 Å². The molecule has 0 unspecified atom stereocenters. The average molecular weight is 361 g/mol. The second kappa shape index (κ2) is 8.45. The summed E-state index contributed by atoms with van der Waals surface area (Å²) in [7, 11) is 0. The predicted octanol–water partition coefficient (Wildman–Crippen LogP) is 2.03. The van der Waals surface area contributed by atoms with E-state index in [1.807, 2.05) is 30.3 Å². The molecule has 0 fully saturated rings. The first-order valence-electron chi connectivity index (χ1n) is 7.93. The number of nitrogens with one attached hydrogen (secondary N) is 2. The summed E-state index contributed by atoms with van der Waals surface area (Å²) in [4.78, 5) is 31.6. The summed E-state index contributed by atoms with van der Waals surface area (Å²) in [5.41, 5.74) is 6.59. The van der Waals surface area contributed by atoms with Gasteiger partial charge in [-0.1, -0.05) is 42.5 Å². The Morgan fingerprint density at radius 1 is 0.926 bits per heavy atom. The van der Waals surface area contributed by atoms with Crippen LogP contribution in [0.4, 0.5) is 0 Å². The van der Waals surface area contributed by atoms with Crippen molar-refractivity contribution in [1.82, 2.24) is 20.9 Å². The number of hydrazone groups is 1. The average Bonchev–Trinajstić information content (AvgIpc) is 2.74. The van der Waals surface area contributed by atoms with Crippen LogP contribution >= 0.6 is 0 Å². The minimum atomic E-state index is -0.607. The molecule has 0 spiro atoms. The van der Waals surface area contributed by atoms with Gasteiger partial charge in [0.15, 0.2) is 0 Å². The Bertz CT molecular complexity index is 955. The maximum atomic E-state index is 12.1. The number of amides is 2. The normalized spacial score (nSPS) is 10.6. The largest absolute Gasteiger partial charge is 0.291 e. The lowest BCUT2D eigenvalue weighted by atomic mass is 10.1. The van der Waals surface area contributed by atoms with E-state index in [9.17, 15) is 9.59 Å². The number of nitrogens with zero attached hydrogens (tertiary/aromatic N) is 3. The van der Waals surface area contributed by atoms with Gasteiger partial charge in [-0.15, -0.1) is 0 Å². The zero-order valence-corrected chi connectivity index (χ0v) is 14.0. The lowest BCUT2D eigenvalue weighted by Gasteiger charge is -2.02. The van der Waals surface area contributed by atoms with Crippen LogP contribution in [0.1, 0.15) is 26.4 Å². The number of rotatable bonds is 5. The molecular weight excluding hydrogens is 346 g/mol. The smallest absolute Gasteiger partial charge is 0.288 e. The molecule has 0 saturated carbocycles. The number of hydroxylamine groups is 1. The van der Waals surface area contributed by atoms with E-state index in [2.05, 4.69) is 20.5 Å². The highest BCUT2D eigenvalue weighted by molar-refractivity contribution is 5.95. The summed E-state index contributed by atoms with van der Waals surface area (Å²) in [6, 6.07) is 15.8. The Hall–Kier alpha value is -3.91. The first-order valence-corrected chi connectivity index (χ1v) is 7.93.